The van der Waals surface area contributed by atoms with E-state index < -0.39 is 0 Å². The van der Waals surface area contributed by atoms with Gasteiger partial charge in [-0.15, -0.1) is 10.2 Å². The van der Waals surface area contributed by atoms with E-state index in [1.807, 2.05) is 6.92 Å². The SMILES string of the molecule is Cc1ccnc(NCc2nn[nH]n2)c1C#N. The molecule has 2 N–H and O–H groups in total. The third-order valence-electron chi connectivity index (χ3n) is 2.07. The van der Waals surface area contributed by atoms with Crippen LogP contribution >= 0.6 is 0 Å². The second kappa shape index (κ2) is 4.35. The van der Waals surface area contributed by atoms with Crippen molar-refractivity contribution in [3.63, 3.8) is 0 Å². The molecule has 0 saturated carbocycles. The Labute approximate surface area is 91.5 Å². The lowest BCUT2D eigenvalue weighted by Gasteiger charge is -2.05. The van der Waals surface area contributed by atoms with Crippen LogP contribution in [0.1, 0.15) is 17.0 Å². The largest absolute Gasteiger partial charge is 0.362 e. The fraction of sp³-hybridized carbons (Fsp3) is 0.222. The maximum Gasteiger partial charge on any atom is 0.193 e. The molecule has 0 aliphatic carbocycles. The van der Waals surface area contributed by atoms with Crippen molar-refractivity contribution in [1.82, 2.24) is 25.6 Å². The number of H-pyrrole nitrogens is 1. The van der Waals surface area contributed by atoms with Crippen molar-refractivity contribution in [3.05, 3.63) is 29.2 Å². The highest BCUT2D eigenvalue weighted by molar-refractivity contribution is 5.55. The average molecular weight is 215 g/mol. The first-order valence-corrected chi connectivity index (χ1v) is 4.63. The zero-order chi connectivity index (χ0) is 11.4. The molecule has 0 aromatic carbocycles. The van der Waals surface area contributed by atoms with Gasteiger partial charge < -0.3 is 5.32 Å². The minimum atomic E-state index is 0.377. The molecule has 0 aliphatic rings. The number of aromatic nitrogens is 5. The Bertz CT molecular complexity index is 511. The Morgan fingerprint density at radius 2 is 2.44 bits per heavy atom. The molecule has 2 aromatic heterocycles. The molecular formula is C9H9N7. The van der Waals surface area contributed by atoms with Crippen LogP contribution in [0.3, 0.4) is 0 Å². The lowest BCUT2D eigenvalue weighted by atomic mass is 10.1. The second-order valence-electron chi connectivity index (χ2n) is 3.14. The maximum atomic E-state index is 8.98. The quantitative estimate of drug-likeness (QED) is 0.767. The zero-order valence-electron chi connectivity index (χ0n) is 8.60. The Kier molecular flexibility index (Phi) is 2.73. The molecule has 0 atom stereocenters. The summed E-state index contributed by atoms with van der Waals surface area (Å²) in [5.74, 6) is 1.06. The van der Waals surface area contributed by atoms with Gasteiger partial charge in [-0.05, 0) is 18.6 Å². The number of hydrogen-bond acceptors (Lipinski definition) is 6. The van der Waals surface area contributed by atoms with Gasteiger partial charge in [0.2, 0.25) is 0 Å². The van der Waals surface area contributed by atoms with E-state index in [2.05, 4.69) is 37.0 Å². The predicted octanol–water partition coefficient (Wildman–Crippen LogP) is 0.387. The second-order valence-corrected chi connectivity index (χ2v) is 3.14. The van der Waals surface area contributed by atoms with E-state index in [-0.39, 0.29) is 0 Å². The van der Waals surface area contributed by atoms with Crippen LogP contribution in [0.15, 0.2) is 12.3 Å². The van der Waals surface area contributed by atoms with E-state index in [1.165, 1.54) is 0 Å². The summed E-state index contributed by atoms with van der Waals surface area (Å²) in [7, 11) is 0. The van der Waals surface area contributed by atoms with Crippen LogP contribution in [0.5, 0.6) is 0 Å². The summed E-state index contributed by atoms with van der Waals surface area (Å²) in [5.41, 5.74) is 1.42. The van der Waals surface area contributed by atoms with Crippen LogP contribution in [-0.2, 0) is 6.54 Å². The molecule has 7 nitrogen and oxygen atoms in total. The molecule has 0 unspecified atom stereocenters. The van der Waals surface area contributed by atoms with Crippen LogP contribution in [0.2, 0.25) is 0 Å². The lowest BCUT2D eigenvalue weighted by molar-refractivity contribution is 0.881. The van der Waals surface area contributed by atoms with Gasteiger partial charge in [-0.2, -0.15) is 10.5 Å². The van der Waals surface area contributed by atoms with Gasteiger partial charge in [0, 0.05) is 6.20 Å². The van der Waals surface area contributed by atoms with Crippen molar-refractivity contribution < 1.29 is 0 Å². The van der Waals surface area contributed by atoms with Crippen LogP contribution < -0.4 is 5.32 Å². The maximum absolute atomic E-state index is 8.98. The number of tetrazole rings is 1. The highest BCUT2D eigenvalue weighted by Gasteiger charge is 2.06. The number of aryl methyl sites for hydroxylation is 1. The molecule has 0 spiro atoms. The Balaban J connectivity index is 2.16. The molecule has 0 saturated heterocycles. The standard InChI is InChI=1S/C9H9N7/c1-6-2-3-11-9(7(6)4-10)12-5-8-13-15-16-14-8/h2-3H,5H2,1H3,(H,11,12)(H,13,14,15,16). The van der Waals surface area contributed by atoms with Gasteiger partial charge in [-0.25, -0.2) is 4.98 Å². The highest BCUT2D eigenvalue weighted by Crippen LogP contribution is 2.15. The summed E-state index contributed by atoms with van der Waals surface area (Å²) in [6, 6.07) is 3.89. The molecule has 0 aliphatic heterocycles. The number of hydrogen-bond donors (Lipinski definition) is 2. The lowest BCUT2D eigenvalue weighted by Crippen LogP contribution is -2.05. The minimum Gasteiger partial charge on any atom is -0.362 e. The highest BCUT2D eigenvalue weighted by atomic mass is 15.5. The van der Waals surface area contributed by atoms with Gasteiger partial charge >= 0.3 is 0 Å². The third-order valence-corrected chi connectivity index (χ3v) is 2.07. The van der Waals surface area contributed by atoms with Gasteiger partial charge in [-0.1, -0.05) is 5.21 Å². The summed E-state index contributed by atoms with van der Waals surface area (Å²) >= 11 is 0. The van der Waals surface area contributed by atoms with Crippen LogP contribution in [-0.4, -0.2) is 25.6 Å². The van der Waals surface area contributed by atoms with Crippen molar-refractivity contribution in [3.8, 4) is 6.07 Å². The van der Waals surface area contributed by atoms with Crippen molar-refractivity contribution in [1.29, 1.82) is 5.26 Å². The molecule has 0 bridgehead atoms. The number of nitrogens with zero attached hydrogens (tertiary/aromatic N) is 5. The first kappa shape index (κ1) is 10.0. The number of nitriles is 1. The molecule has 7 heteroatoms. The van der Waals surface area contributed by atoms with Crippen molar-refractivity contribution in [2.75, 3.05) is 5.32 Å². The fourth-order valence-electron chi connectivity index (χ4n) is 1.25. The van der Waals surface area contributed by atoms with Crippen LogP contribution in [0, 0.1) is 18.3 Å². The molecule has 0 fully saturated rings. The van der Waals surface area contributed by atoms with Crippen LogP contribution in [0.25, 0.3) is 0 Å². The van der Waals surface area contributed by atoms with E-state index in [0.717, 1.165) is 5.56 Å². The summed E-state index contributed by atoms with van der Waals surface area (Å²) in [5, 5.41) is 25.3. The molecule has 2 aromatic rings. The number of anilines is 1. The number of rotatable bonds is 3. The topological polar surface area (TPSA) is 103 Å². The normalized spacial score (nSPS) is 9.75. The molecule has 80 valence electrons. The fourth-order valence-corrected chi connectivity index (χ4v) is 1.25. The minimum absolute atomic E-state index is 0.377. The summed E-state index contributed by atoms with van der Waals surface area (Å²) in [6.45, 7) is 2.24. The van der Waals surface area contributed by atoms with Crippen molar-refractivity contribution in [2.24, 2.45) is 0 Å². The third kappa shape index (κ3) is 1.95. The van der Waals surface area contributed by atoms with E-state index in [9.17, 15) is 0 Å². The molecule has 0 radical (unpaired) electrons. The molecule has 16 heavy (non-hydrogen) atoms. The van der Waals surface area contributed by atoms with Gasteiger partial charge in [0.1, 0.15) is 11.9 Å². The molecule has 2 rings (SSSR count). The number of nitrogens with one attached hydrogen (secondary N) is 2. The monoisotopic (exact) mass is 215 g/mol. The molecule has 0 amide bonds. The van der Waals surface area contributed by atoms with Crippen LogP contribution in [0.4, 0.5) is 5.82 Å². The summed E-state index contributed by atoms with van der Waals surface area (Å²) < 4.78 is 0. The van der Waals surface area contributed by atoms with Gasteiger partial charge in [0.25, 0.3) is 0 Å². The van der Waals surface area contributed by atoms with E-state index in [0.29, 0.717) is 23.8 Å². The first-order valence-electron chi connectivity index (χ1n) is 4.63. The van der Waals surface area contributed by atoms with Crippen molar-refractivity contribution >= 4 is 5.82 Å². The summed E-state index contributed by atoms with van der Waals surface area (Å²) in [4.78, 5) is 4.09. The Morgan fingerprint density at radius 1 is 1.56 bits per heavy atom. The molecular weight excluding hydrogens is 206 g/mol. The van der Waals surface area contributed by atoms with Gasteiger partial charge in [0.05, 0.1) is 12.1 Å². The number of pyridine rings is 1. The van der Waals surface area contributed by atoms with E-state index in [1.54, 1.807) is 12.3 Å². The molecule has 2 heterocycles. The van der Waals surface area contributed by atoms with Crippen molar-refractivity contribution in [2.45, 2.75) is 13.5 Å². The Morgan fingerprint density at radius 3 is 3.12 bits per heavy atom. The zero-order valence-corrected chi connectivity index (χ0v) is 8.60. The first-order chi connectivity index (χ1) is 7.81. The van der Waals surface area contributed by atoms with Gasteiger partial charge in [-0.3, -0.25) is 0 Å². The van der Waals surface area contributed by atoms with E-state index >= 15 is 0 Å². The predicted molar refractivity (Wildman–Crippen MR) is 55.2 cm³/mol. The van der Waals surface area contributed by atoms with E-state index in [4.69, 9.17) is 5.26 Å². The average Bonchev–Trinajstić information content (AvgIpc) is 2.79. The number of aromatic amines is 1. The smallest absolute Gasteiger partial charge is 0.193 e. The van der Waals surface area contributed by atoms with Gasteiger partial charge in [0.15, 0.2) is 5.82 Å². The Hall–Kier alpha value is -2.49. The summed E-state index contributed by atoms with van der Waals surface area (Å²) in [6.07, 6.45) is 1.65.